The summed E-state index contributed by atoms with van der Waals surface area (Å²) in [5.41, 5.74) is -8.32. The van der Waals surface area contributed by atoms with Gasteiger partial charge in [-0.2, -0.15) is 0 Å². The summed E-state index contributed by atoms with van der Waals surface area (Å²) in [6, 6.07) is 23.4. The van der Waals surface area contributed by atoms with Crippen LogP contribution in [0.15, 0.2) is 91.0 Å². The summed E-state index contributed by atoms with van der Waals surface area (Å²) in [6.45, 7) is 5.71. The molecule has 1 saturated heterocycles. The lowest BCUT2D eigenvalue weighted by atomic mass is 9.46. The van der Waals surface area contributed by atoms with Crippen molar-refractivity contribution in [1.29, 1.82) is 0 Å². The highest BCUT2D eigenvalue weighted by Gasteiger charge is 2.88. The van der Waals surface area contributed by atoms with E-state index in [1.54, 1.807) is 68.4 Å². The Morgan fingerprint density at radius 3 is 1.62 bits per heavy atom. The number of Topliss-reactive ketones (excluding diaryl/α,β-unsaturated/α-hetero) is 1. The van der Waals surface area contributed by atoms with Gasteiger partial charge in [0, 0.05) is 20.3 Å². The summed E-state index contributed by atoms with van der Waals surface area (Å²) in [4.78, 5) is 82.5. The van der Waals surface area contributed by atoms with Gasteiger partial charge in [-0.05, 0) is 57.2 Å². The Morgan fingerprint density at radius 1 is 0.679 bits per heavy atom. The maximum absolute atomic E-state index is 15.1. The van der Waals surface area contributed by atoms with Crippen LogP contribution in [0.1, 0.15) is 72.1 Å². The number of aliphatic hydroxyl groups is 1. The van der Waals surface area contributed by atoms with Crippen LogP contribution in [0, 0.1) is 11.3 Å². The zero-order valence-corrected chi connectivity index (χ0v) is 29.8. The highest BCUT2D eigenvalue weighted by atomic mass is 16.6. The monoisotopic (exact) mass is 728 g/mol. The summed E-state index contributed by atoms with van der Waals surface area (Å²) in [7, 11) is 0. The fraction of sp³-hybridized carbons (Fsp3) is 0.400. The molecule has 0 amide bonds. The third-order valence-corrected chi connectivity index (χ3v) is 10.4. The van der Waals surface area contributed by atoms with Crippen LogP contribution in [0.4, 0.5) is 0 Å². The molecule has 3 aliphatic rings. The molecule has 13 nitrogen and oxygen atoms in total. The molecule has 1 spiro atoms. The molecular formula is C40H40O13. The predicted octanol–water partition coefficient (Wildman–Crippen LogP) is 4.05. The van der Waals surface area contributed by atoms with Gasteiger partial charge in [0.2, 0.25) is 0 Å². The number of benzene rings is 3. The summed E-state index contributed by atoms with van der Waals surface area (Å²) in [5, 5.41) is 12.8. The second-order valence-corrected chi connectivity index (χ2v) is 14.3. The lowest BCUT2D eigenvalue weighted by Crippen LogP contribution is -2.85. The standard InChI is InChI=1S/C40H40O13/c1-23(41)48-22-39-31(51-35(45)26-17-11-7-12-18-26)28(50-34(44)25-15-9-6-10-16-25)21-38(5,47)40(39)32(49-24(2)42)29(37(3,4)53-40)30(43)33(39)52-36(46)27-19-13-8-14-20-27/h6-20,28-29,31-33,47H,21-22H2,1-5H3/t28-,29?,31-,32+,33+,38-,39-,40-/m0/s1. The third kappa shape index (κ3) is 6.27. The summed E-state index contributed by atoms with van der Waals surface area (Å²) < 4.78 is 36.8. The van der Waals surface area contributed by atoms with Crippen molar-refractivity contribution >= 4 is 35.6 Å². The highest BCUT2D eigenvalue weighted by molar-refractivity contribution is 5.97. The van der Waals surface area contributed by atoms with Crippen LogP contribution in [-0.4, -0.2) is 88.6 Å². The molecule has 6 rings (SSSR count). The van der Waals surface area contributed by atoms with Crippen LogP contribution in [0.2, 0.25) is 0 Å². The predicted molar refractivity (Wildman–Crippen MR) is 183 cm³/mol. The minimum atomic E-state index is -2.43. The van der Waals surface area contributed by atoms with Crippen LogP contribution in [0.3, 0.4) is 0 Å². The van der Waals surface area contributed by atoms with Crippen molar-refractivity contribution < 1.29 is 62.3 Å². The molecule has 2 saturated carbocycles. The molecule has 3 fully saturated rings. The number of carbonyl (C=O) groups excluding carboxylic acids is 6. The van der Waals surface area contributed by atoms with Gasteiger partial charge in [-0.3, -0.25) is 14.4 Å². The van der Waals surface area contributed by atoms with E-state index in [2.05, 4.69) is 0 Å². The topological polar surface area (TPSA) is 178 Å². The van der Waals surface area contributed by atoms with Crippen LogP contribution in [0.5, 0.6) is 0 Å². The Kier molecular flexibility index (Phi) is 9.77. The van der Waals surface area contributed by atoms with Gasteiger partial charge in [0.1, 0.15) is 24.2 Å². The van der Waals surface area contributed by atoms with E-state index in [0.29, 0.717) is 0 Å². The molecule has 0 radical (unpaired) electrons. The number of hydrogen-bond acceptors (Lipinski definition) is 13. The lowest BCUT2D eigenvalue weighted by molar-refractivity contribution is -0.347. The van der Waals surface area contributed by atoms with Crippen LogP contribution < -0.4 is 0 Å². The molecular weight excluding hydrogens is 688 g/mol. The molecule has 3 aromatic rings. The average molecular weight is 729 g/mol. The van der Waals surface area contributed by atoms with Gasteiger partial charge in [-0.25, -0.2) is 14.4 Å². The van der Waals surface area contributed by atoms with Crippen molar-refractivity contribution in [3.8, 4) is 0 Å². The zero-order chi connectivity index (χ0) is 38.3. The van der Waals surface area contributed by atoms with Crippen molar-refractivity contribution in [2.75, 3.05) is 6.61 Å². The largest absolute Gasteiger partial charge is 0.465 e. The normalized spacial score (nSPS) is 31.0. The van der Waals surface area contributed by atoms with E-state index >= 15 is 4.79 Å². The molecule has 13 heteroatoms. The Morgan fingerprint density at radius 2 is 1.15 bits per heavy atom. The second kappa shape index (κ2) is 13.9. The van der Waals surface area contributed by atoms with Gasteiger partial charge in [0.15, 0.2) is 23.6 Å². The minimum Gasteiger partial charge on any atom is -0.465 e. The summed E-state index contributed by atoms with van der Waals surface area (Å²) >= 11 is 0. The molecule has 3 aromatic carbocycles. The Balaban J connectivity index is 1.65. The SMILES string of the molecule is CC(=O)OC[C@]12[C@H](OC(=O)c3ccccc3)C(=O)C3[C@@H](OC(C)=O)[C@]1(OC3(C)C)[C@@](C)(O)C[C@H](OC(=O)c1ccccc1)[C@@H]2OC(=O)c1ccccc1. The summed E-state index contributed by atoms with van der Waals surface area (Å²) in [6.07, 6.45) is -7.57. The number of esters is 5. The molecule has 1 heterocycles. The molecule has 2 aliphatic carbocycles. The maximum atomic E-state index is 15.1. The van der Waals surface area contributed by atoms with Crippen LogP contribution in [-0.2, 0) is 42.8 Å². The molecule has 278 valence electrons. The van der Waals surface area contributed by atoms with Crippen LogP contribution >= 0.6 is 0 Å². The van der Waals surface area contributed by atoms with Crippen molar-refractivity contribution in [1.82, 2.24) is 0 Å². The van der Waals surface area contributed by atoms with Gasteiger partial charge in [0.05, 0.1) is 33.8 Å². The first-order valence-electron chi connectivity index (χ1n) is 17.1. The van der Waals surface area contributed by atoms with E-state index in [9.17, 15) is 29.1 Å². The van der Waals surface area contributed by atoms with Gasteiger partial charge in [0.25, 0.3) is 0 Å². The number of ketones is 1. The average Bonchev–Trinajstić information content (AvgIpc) is 3.33. The third-order valence-electron chi connectivity index (χ3n) is 10.4. The van der Waals surface area contributed by atoms with Crippen molar-refractivity contribution in [3.63, 3.8) is 0 Å². The van der Waals surface area contributed by atoms with Gasteiger partial charge < -0.3 is 33.5 Å². The van der Waals surface area contributed by atoms with E-state index < -0.39 is 101 Å². The Bertz CT molecular complexity index is 1910. The van der Waals surface area contributed by atoms with E-state index in [-0.39, 0.29) is 16.7 Å². The molecule has 53 heavy (non-hydrogen) atoms. The fourth-order valence-corrected chi connectivity index (χ4v) is 8.41. The van der Waals surface area contributed by atoms with Crippen molar-refractivity contribution in [2.24, 2.45) is 11.3 Å². The van der Waals surface area contributed by atoms with Gasteiger partial charge in [-0.1, -0.05) is 54.6 Å². The highest BCUT2D eigenvalue weighted by Crippen LogP contribution is 2.68. The molecule has 0 aromatic heterocycles. The van der Waals surface area contributed by atoms with Gasteiger partial charge >= 0.3 is 29.8 Å². The number of carbonyl (C=O) groups is 6. The zero-order valence-electron chi connectivity index (χ0n) is 29.8. The van der Waals surface area contributed by atoms with Gasteiger partial charge in [-0.15, -0.1) is 0 Å². The molecule has 1 aliphatic heterocycles. The number of ether oxygens (including phenoxy) is 6. The Hall–Kier alpha value is -5.40. The van der Waals surface area contributed by atoms with E-state index in [4.69, 9.17) is 28.4 Å². The second-order valence-electron chi connectivity index (χ2n) is 14.3. The van der Waals surface area contributed by atoms with Crippen molar-refractivity contribution in [3.05, 3.63) is 108 Å². The first-order valence-corrected chi connectivity index (χ1v) is 17.1. The first kappa shape index (κ1) is 37.4. The molecule has 8 atom stereocenters. The minimum absolute atomic E-state index is 0.0408. The molecule has 2 bridgehead atoms. The summed E-state index contributed by atoms with van der Waals surface area (Å²) in [5.74, 6) is -6.73. The van der Waals surface area contributed by atoms with E-state index in [0.717, 1.165) is 13.8 Å². The molecule has 1 unspecified atom stereocenters. The van der Waals surface area contributed by atoms with Crippen molar-refractivity contribution in [2.45, 2.75) is 82.3 Å². The number of hydrogen-bond donors (Lipinski definition) is 1. The lowest BCUT2D eigenvalue weighted by Gasteiger charge is -2.65. The smallest absolute Gasteiger partial charge is 0.338 e. The first-order chi connectivity index (χ1) is 25.1. The van der Waals surface area contributed by atoms with E-state index in [1.807, 2.05) is 0 Å². The fourth-order valence-electron chi connectivity index (χ4n) is 8.41. The number of fused-ring (bicyclic) bond motifs is 1. The number of rotatable bonds is 9. The quantitative estimate of drug-likeness (QED) is 0.247. The van der Waals surface area contributed by atoms with Crippen LogP contribution in [0.25, 0.3) is 0 Å². The maximum Gasteiger partial charge on any atom is 0.338 e. The Labute approximate surface area is 305 Å². The molecule has 1 N–H and O–H groups in total. The van der Waals surface area contributed by atoms with E-state index in [1.165, 1.54) is 43.3 Å².